The van der Waals surface area contributed by atoms with Gasteiger partial charge in [-0.25, -0.2) is 0 Å². The molecule has 132 valence electrons. The molecule has 0 amide bonds. The normalized spacial score (nSPS) is 11.1. The van der Waals surface area contributed by atoms with E-state index in [1.165, 1.54) is 16.2 Å². The van der Waals surface area contributed by atoms with Gasteiger partial charge in [0.2, 0.25) is 4.96 Å². The average molecular weight is 384 g/mol. The van der Waals surface area contributed by atoms with Crippen LogP contribution in [0.1, 0.15) is 12.7 Å². The van der Waals surface area contributed by atoms with Crippen molar-refractivity contribution < 1.29 is 4.74 Å². The number of hydrogen-bond acceptors (Lipinski definition) is 7. The Labute approximate surface area is 159 Å². The summed E-state index contributed by atoms with van der Waals surface area (Å²) in [4.78, 5) is 1.95. The Morgan fingerprint density at radius 1 is 1.12 bits per heavy atom. The van der Waals surface area contributed by atoms with Crippen LogP contribution in [-0.4, -0.2) is 25.6 Å². The molecule has 4 rings (SSSR count). The summed E-state index contributed by atoms with van der Waals surface area (Å²) in [6.07, 6.45) is 0. The maximum Gasteiger partial charge on any atom is 0.235 e. The lowest BCUT2D eigenvalue weighted by atomic mass is 10.2. The molecular weight excluding hydrogens is 366 g/mol. The van der Waals surface area contributed by atoms with Crippen molar-refractivity contribution >= 4 is 33.7 Å². The zero-order chi connectivity index (χ0) is 17.9. The van der Waals surface area contributed by atoms with Gasteiger partial charge in [-0.3, -0.25) is 0 Å². The first kappa shape index (κ1) is 16.9. The van der Waals surface area contributed by atoms with Gasteiger partial charge in [0.25, 0.3) is 0 Å². The van der Waals surface area contributed by atoms with Crippen LogP contribution in [0, 0.1) is 0 Å². The zero-order valence-electron chi connectivity index (χ0n) is 14.1. The maximum absolute atomic E-state index is 6.04. The van der Waals surface area contributed by atoms with Gasteiger partial charge in [-0.05, 0) is 42.2 Å². The molecule has 2 N–H and O–H groups in total. The Hall–Kier alpha value is -2.58. The molecule has 0 saturated carbocycles. The maximum atomic E-state index is 6.04. The first-order valence-corrected chi connectivity index (χ1v) is 9.96. The van der Waals surface area contributed by atoms with Gasteiger partial charge < -0.3 is 10.5 Å². The molecule has 4 aromatic rings. The van der Waals surface area contributed by atoms with E-state index in [2.05, 4.69) is 34.4 Å². The molecule has 0 spiro atoms. The van der Waals surface area contributed by atoms with Crippen molar-refractivity contribution in [3.63, 3.8) is 0 Å². The minimum Gasteiger partial charge on any atom is -0.486 e. The number of benzene rings is 2. The molecule has 0 unspecified atom stereocenters. The zero-order valence-corrected chi connectivity index (χ0v) is 15.8. The van der Waals surface area contributed by atoms with Gasteiger partial charge in [-0.2, -0.15) is 9.61 Å². The van der Waals surface area contributed by atoms with Gasteiger partial charge in [0.15, 0.2) is 5.82 Å². The Balaban J connectivity index is 1.53. The van der Waals surface area contributed by atoms with Crippen LogP contribution in [0.25, 0.3) is 15.5 Å². The monoisotopic (exact) mass is 383 g/mol. The minimum atomic E-state index is 0.300. The van der Waals surface area contributed by atoms with Crippen LogP contribution < -0.4 is 10.5 Å². The van der Waals surface area contributed by atoms with Crippen LogP contribution in [0.2, 0.25) is 0 Å². The largest absolute Gasteiger partial charge is 0.486 e. The molecule has 0 aliphatic carbocycles. The standard InChI is InChI=1S/C18H17N5OS2/c1-2-25-13-9-7-12(8-10-13)24-11-16-20-21-18-23(16)22-17(26-18)14-5-3-4-6-15(14)19/h3-10H,2,11,19H2,1H3. The lowest BCUT2D eigenvalue weighted by Gasteiger charge is -2.05. The van der Waals surface area contributed by atoms with Crippen LogP contribution in [0.5, 0.6) is 5.75 Å². The molecule has 2 heterocycles. The summed E-state index contributed by atoms with van der Waals surface area (Å²) in [5.74, 6) is 2.50. The summed E-state index contributed by atoms with van der Waals surface area (Å²) in [6.45, 7) is 2.44. The highest BCUT2D eigenvalue weighted by Crippen LogP contribution is 2.29. The summed E-state index contributed by atoms with van der Waals surface area (Å²) in [7, 11) is 0. The first-order valence-electron chi connectivity index (χ1n) is 8.16. The Kier molecular flexibility index (Phi) is 4.77. The fourth-order valence-corrected chi connectivity index (χ4v) is 4.06. The summed E-state index contributed by atoms with van der Waals surface area (Å²) in [6, 6.07) is 15.7. The molecule has 0 aliphatic heterocycles. The van der Waals surface area contributed by atoms with Crippen molar-refractivity contribution in [3.05, 3.63) is 54.4 Å². The smallest absolute Gasteiger partial charge is 0.235 e. The summed E-state index contributed by atoms with van der Waals surface area (Å²) in [5.41, 5.74) is 7.64. The summed E-state index contributed by atoms with van der Waals surface area (Å²) < 4.78 is 7.55. The second-order valence-corrected chi connectivity index (χ2v) is 7.79. The van der Waals surface area contributed by atoms with Gasteiger partial charge in [0.1, 0.15) is 17.4 Å². The number of fused-ring (bicyclic) bond motifs is 1. The molecule has 0 fully saturated rings. The van der Waals surface area contributed by atoms with Crippen LogP contribution in [0.4, 0.5) is 5.69 Å². The van der Waals surface area contributed by atoms with Crippen LogP contribution >= 0.6 is 23.1 Å². The van der Waals surface area contributed by atoms with E-state index in [1.54, 1.807) is 16.3 Å². The van der Waals surface area contributed by atoms with E-state index in [0.717, 1.165) is 27.0 Å². The third-order valence-electron chi connectivity index (χ3n) is 3.75. The fourth-order valence-electron chi connectivity index (χ4n) is 2.49. The second-order valence-electron chi connectivity index (χ2n) is 5.50. The van der Waals surface area contributed by atoms with E-state index in [9.17, 15) is 0 Å². The van der Waals surface area contributed by atoms with Crippen LogP contribution in [0.15, 0.2) is 53.4 Å². The molecule has 0 saturated heterocycles. The van der Waals surface area contributed by atoms with Crippen molar-refractivity contribution in [3.8, 4) is 16.3 Å². The van der Waals surface area contributed by atoms with Crippen LogP contribution in [0.3, 0.4) is 0 Å². The van der Waals surface area contributed by atoms with Crippen molar-refractivity contribution in [2.24, 2.45) is 0 Å². The number of nitrogens with two attached hydrogens (primary N) is 1. The third kappa shape index (κ3) is 3.38. The van der Waals surface area contributed by atoms with Gasteiger partial charge >= 0.3 is 0 Å². The van der Waals surface area contributed by atoms with Gasteiger partial charge in [0.05, 0.1) is 0 Å². The lowest BCUT2D eigenvalue weighted by Crippen LogP contribution is -2.02. The molecule has 0 atom stereocenters. The number of anilines is 1. The fraction of sp³-hybridized carbons (Fsp3) is 0.167. The molecule has 8 heteroatoms. The van der Waals surface area contributed by atoms with E-state index in [-0.39, 0.29) is 0 Å². The van der Waals surface area contributed by atoms with Gasteiger partial charge in [-0.1, -0.05) is 30.4 Å². The highest BCUT2D eigenvalue weighted by atomic mass is 32.2. The van der Waals surface area contributed by atoms with E-state index < -0.39 is 0 Å². The predicted molar refractivity (Wildman–Crippen MR) is 106 cm³/mol. The quantitative estimate of drug-likeness (QED) is 0.398. The molecular formula is C18H17N5OS2. The van der Waals surface area contributed by atoms with E-state index >= 15 is 0 Å². The Morgan fingerprint density at radius 3 is 2.69 bits per heavy atom. The number of nitrogen functional groups attached to an aromatic ring is 1. The van der Waals surface area contributed by atoms with E-state index in [1.807, 2.05) is 36.4 Å². The number of aromatic nitrogens is 4. The molecule has 0 radical (unpaired) electrons. The molecule has 2 aromatic heterocycles. The van der Waals surface area contributed by atoms with Crippen molar-refractivity contribution in [2.75, 3.05) is 11.5 Å². The number of para-hydroxylation sites is 1. The van der Waals surface area contributed by atoms with Crippen LogP contribution in [-0.2, 0) is 6.61 Å². The summed E-state index contributed by atoms with van der Waals surface area (Å²) >= 11 is 3.26. The molecule has 26 heavy (non-hydrogen) atoms. The van der Waals surface area contributed by atoms with E-state index in [0.29, 0.717) is 18.1 Å². The number of hydrogen-bond donors (Lipinski definition) is 1. The summed E-state index contributed by atoms with van der Waals surface area (Å²) in [5, 5.41) is 13.8. The van der Waals surface area contributed by atoms with Gasteiger partial charge in [0, 0.05) is 16.1 Å². The third-order valence-corrected chi connectivity index (χ3v) is 5.58. The van der Waals surface area contributed by atoms with Crippen molar-refractivity contribution in [2.45, 2.75) is 18.4 Å². The van der Waals surface area contributed by atoms with E-state index in [4.69, 9.17) is 10.5 Å². The average Bonchev–Trinajstić information content (AvgIpc) is 3.23. The van der Waals surface area contributed by atoms with Crippen molar-refractivity contribution in [1.29, 1.82) is 0 Å². The number of thioether (sulfide) groups is 1. The SMILES string of the molecule is CCSc1ccc(OCc2nnc3sc(-c4ccccc4N)nn23)cc1. The van der Waals surface area contributed by atoms with Crippen molar-refractivity contribution in [1.82, 2.24) is 19.8 Å². The second kappa shape index (κ2) is 7.35. The highest BCUT2D eigenvalue weighted by molar-refractivity contribution is 7.99. The van der Waals surface area contributed by atoms with Gasteiger partial charge in [-0.15, -0.1) is 22.0 Å². The molecule has 2 aromatic carbocycles. The minimum absolute atomic E-state index is 0.300. The lowest BCUT2D eigenvalue weighted by molar-refractivity contribution is 0.292. The first-order chi connectivity index (χ1) is 12.7. The molecule has 0 aliphatic rings. The Morgan fingerprint density at radius 2 is 1.92 bits per heavy atom. The predicted octanol–water partition coefficient (Wildman–Crippen LogP) is 4.13. The number of rotatable bonds is 6. The topological polar surface area (TPSA) is 78.3 Å². The molecule has 0 bridgehead atoms. The highest BCUT2D eigenvalue weighted by Gasteiger charge is 2.14. The number of nitrogens with zero attached hydrogens (tertiary/aromatic N) is 4. The Bertz CT molecular complexity index is 1030. The number of ether oxygens (including phenoxy) is 1. The molecule has 6 nitrogen and oxygen atoms in total.